The van der Waals surface area contributed by atoms with Crippen molar-refractivity contribution in [3.63, 3.8) is 0 Å². The molecule has 0 aliphatic carbocycles. The van der Waals surface area contributed by atoms with Gasteiger partial charge in [-0.2, -0.15) is 0 Å². The second kappa shape index (κ2) is 8.27. The Kier molecular flexibility index (Phi) is 4.83. The third-order valence-corrected chi connectivity index (χ3v) is 9.44. The molecule has 198 valence electrons. The fourth-order valence-electron chi connectivity index (χ4n) is 6.72. The average Bonchev–Trinajstić information content (AvgIpc) is 2.97. The van der Waals surface area contributed by atoms with Gasteiger partial charge in [0.15, 0.2) is 10.9 Å². The van der Waals surface area contributed by atoms with Crippen LogP contribution in [0.2, 0.25) is 20.1 Å². The second-order valence-electron chi connectivity index (χ2n) is 10.5. The van der Waals surface area contributed by atoms with Gasteiger partial charge in [-0.1, -0.05) is 70.7 Å². The number of pyridine rings is 2. The molecule has 0 atom stereocenters. The van der Waals surface area contributed by atoms with Crippen LogP contribution in [0.4, 0.5) is 0 Å². The first-order valence-corrected chi connectivity index (χ1v) is 14.5. The van der Waals surface area contributed by atoms with Crippen molar-refractivity contribution in [1.82, 2.24) is 9.97 Å². The van der Waals surface area contributed by atoms with Crippen molar-refractivity contribution in [3.05, 3.63) is 113 Å². The first-order chi connectivity index (χ1) is 20.3. The Labute approximate surface area is 255 Å². The van der Waals surface area contributed by atoms with Gasteiger partial charge in [0.05, 0.1) is 32.8 Å². The number of benzene rings is 7. The zero-order valence-corrected chi connectivity index (χ0v) is 24.2. The van der Waals surface area contributed by atoms with Crippen molar-refractivity contribution < 1.29 is 0 Å². The van der Waals surface area contributed by atoms with Gasteiger partial charge in [-0.25, -0.2) is 9.97 Å². The van der Waals surface area contributed by atoms with E-state index in [1.165, 1.54) is 0 Å². The van der Waals surface area contributed by atoms with E-state index in [4.69, 9.17) is 56.4 Å². The topological polar surface area (TPSA) is 59.9 Å². The van der Waals surface area contributed by atoms with E-state index in [9.17, 15) is 9.59 Å². The van der Waals surface area contributed by atoms with Crippen molar-refractivity contribution >= 4 is 133 Å². The summed E-state index contributed by atoms with van der Waals surface area (Å²) in [7, 11) is 0. The first-order valence-electron chi connectivity index (χ1n) is 13.0. The largest absolute Gasteiger partial charge is 0.288 e. The van der Waals surface area contributed by atoms with Crippen molar-refractivity contribution in [1.29, 1.82) is 0 Å². The molecule has 0 radical (unpaired) electrons. The normalized spacial score (nSPS) is 12.5. The molecule has 7 aromatic carbocycles. The highest BCUT2D eigenvalue weighted by Crippen LogP contribution is 2.46. The molecule has 2 aromatic heterocycles. The summed E-state index contributed by atoms with van der Waals surface area (Å²) < 4.78 is 0. The standard InChI is InChI=1S/C34H12Cl4N2O2/c35-13-7-9-21-17(11-13)25-23-15(3-1-5-19(23)37)33(41)29-27(25)32(40-21)30-28-26(24-16(34(30)42)4-2-6-20(24)38)18-12-14(36)8-10-22(18)39-31(28)29/h1-12H. The fourth-order valence-corrected chi connectivity index (χ4v) is 7.60. The summed E-state index contributed by atoms with van der Waals surface area (Å²) in [6.45, 7) is 0. The van der Waals surface area contributed by atoms with Crippen LogP contribution in [0.3, 0.4) is 0 Å². The van der Waals surface area contributed by atoms with Crippen molar-refractivity contribution in [3.8, 4) is 0 Å². The minimum absolute atomic E-state index is 0.246. The Morgan fingerprint density at radius 3 is 1.29 bits per heavy atom. The molecule has 4 nitrogen and oxygen atoms in total. The number of halogens is 4. The lowest BCUT2D eigenvalue weighted by molar-refractivity contribution is 1.50. The molecule has 9 aromatic rings. The number of hydrogen-bond donors (Lipinski definition) is 0. The van der Waals surface area contributed by atoms with Crippen LogP contribution in [0.5, 0.6) is 0 Å². The number of hydrogen-bond acceptors (Lipinski definition) is 4. The molecule has 0 unspecified atom stereocenters. The maximum Gasteiger partial charge on any atom is 0.196 e. The van der Waals surface area contributed by atoms with Gasteiger partial charge in [0, 0.05) is 74.0 Å². The summed E-state index contributed by atoms with van der Waals surface area (Å²) >= 11 is 26.6. The quantitative estimate of drug-likeness (QED) is 0.125. The van der Waals surface area contributed by atoms with Gasteiger partial charge >= 0.3 is 0 Å². The average molecular weight is 622 g/mol. The van der Waals surface area contributed by atoms with Crippen LogP contribution in [0, 0.1) is 0 Å². The highest BCUT2D eigenvalue weighted by molar-refractivity contribution is 6.48. The zero-order chi connectivity index (χ0) is 28.6. The molecule has 0 aliphatic heterocycles. The van der Waals surface area contributed by atoms with Gasteiger partial charge in [-0.3, -0.25) is 9.59 Å². The highest BCUT2D eigenvalue weighted by atomic mass is 35.5. The van der Waals surface area contributed by atoms with Crippen molar-refractivity contribution in [2.75, 3.05) is 0 Å². The number of fused-ring (bicyclic) bond motifs is 10. The lowest BCUT2D eigenvalue weighted by Gasteiger charge is -2.19. The predicted octanol–water partition coefficient (Wildman–Crippen LogP) is 9.91. The SMILES string of the molecule is O=c1c2cccc(Cl)c2c2c3cc(Cl)ccc3nc3c4c(=O)c5cccc(Cl)c5c5c6cc(Cl)ccc6nc(c1c32)c45. The van der Waals surface area contributed by atoms with Crippen LogP contribution in [-0.2, 0) is 0 Å². The molecule has 8 heteroatoms. The van der Waals surface area contributed by atoms with Crippen LogP contribution < -0.4 is 10.9 Å². The summed E-state index contributed by atoms with van der Waals surface area (Å²) in [5, 5.41) is 8.56. The van der Waals surface area contributed by atoms with Crippen LogP contribution in [0.1, 0.15) is 0 Å². The van der Waals surface area contributed by atoms with Crippen LogP contribution >= 0.6 is 46.4 Å². The molecule has 0 saturated heterocycles. The lowest BCUT2D eigenvalue weighted by Crippen LogP contribution is -2.11. The molecule has 0 spiro atoms. The Morgan fingerprint density at radius 1 is 0.429 bits per heavy atom. The van der Waals surface area contributed by atoms with E-state index in [2.05, 4.69) is 0 Å². The maximum absolute atomic E-state index is 14.5. The summed E-state index contributed by atoms with van der Waals surface area (Å²) in [4.78, 5) is 39.1. The summed E-state index contributed by atoms with van der Waals surface area (Å²) in [6.07, 6.45) is 0. The third kappa shape index (κ3) is 2.95. The molecule has 9 rings (SSSR count). The Morgan fingerprint density at radius 2 is 0.857 bits per heavy atom. The van der Waals surface area contributed by atoms with E-state index in [0.29, 0.717) is 96.0 Å². The molecule has 0 saturated carbocycles. The van der Waals surface area contributed by atoms with Gasteiger partial charge in [0.1, 0.15) is 0 Å². The molecule has 0 fully saturated rings. The minimum Gasteiger partial charge on any atom is -0.288 e. The van der Waals surface area contributed by atoms with Crippen molar-refractivity contribution in [2.24, 2.45) is 0 Å². The second-order valence-corrected chi connectivity index (χ2v) is 12.2. The van der Waals surface area contributed by atoms with E-state index >= 15 is 0 Å². The summed E-state index contributed by atoms with van der Waals surface area (Å²) in [5.74, 6) is 0. The molecule has 0 amide bonds. The van der Waals surface area contributed by atoms with E-state index in [1.807, 2.05) is 24.3 Å². The third-order valence-electron chi connectivity index (χ3n) is 8.34. The number of nitrogens with zero attached hydrogens (tertiary/aromatic N) is 2. The van der Waals surface area contributed by atoms with Crippen LogP contribution in [0.15, 0.2) is 82.4 Å². The van der Waals surface area contributed by atoms with E-state index in [-0.39, 0.29) is 10.9 Å². The Bertz CT molecular complexity index is 2640. The van der Waals surface area contributed by atoms with Crippen LogP contribution in [-0.4, -0.2) is 9.97 Å². The minimum atomic E-state index is -0.246. The fraction of sp³-hybridized carbons (Fsp3) is 0. The highest BCUT2D eigenvalue weighted by Gasteiger charge is 2.27. The monoisotopic (exact) mass is 620 g/mol. The molecule has 42 heavy (non-hydrogen) atoms. The van der Waals surface area contributed by atoms with E-state index in [1.54, 1.807) is 48.5 Å². The Balaban J connectivity index is 1.80. The smallest absolute Gasteiger partial charge is 0.196 e. The van der Waals surface area contributed by atoms with Gasteiger partial charge in [0.2, 0.25) is 0 Å². The molecule has 0 bridgehead atoms. The van der Waals surface area contributed by atoms with Gasteiger partial charge in [0.25, 0.3) is 0 Å². The molecular weight excluding hydrogens is 610 g/mol. The van der Waals surface area contributed by atoms with Gasteiger partial charge < -0.3 is 0 Å². The van der Waals surface area contributed by atoms with E-state index in [0.717, 1.165) is 10.8 Å². The number of rotatable bonds is 0. The molecular formula is C34H12Cl4N2O2. The van der Waals surface area contributed by atoms with Gasteiger partial charge in [-0.05, 0) is 48.5 Å². The maximum atomic E-state index is 14.5. The zero-order valence-electron chi connectivity index (χ0n) is 21.2. The summed E-state index contributed by atoms with van der Waals surface area (Å²) in [5.41, 5.74) is 1.55. The first kappa shape index (κ1) is 24.5. The molecule has 0 N–H and O–H groups in total. The lowest BCUT2D eigenvalue weighted by atomic mass is 9.87. The van der Waals surface area contributed by atoms with E-state index < -0.39 is 0 Å². The number of aromatic nitrogens is 2. The summed E-state index contributed by atoms with van der Waals surface area (Å²) in [6, 6.07) is 21.3. The molecule has 2 heterocycles. The van der Waals surface area contributed by atoms with Crippen molar-refractivity contribution in [2.45, 2.75) is 0 Å². The molecule has 0 aliphatic rings. The Hall–Kier alpha value is -4.06. The predicted molar refractivity (Wildman–Crippen MR) is 177 cm³/mol. The van der Waals surface area contributed by atoms with Gasteiger partial charge in [-0.15, -0.1) is 0 Å². The van der Waals surface area contributed by atoms with Crippen LogP contribution in [0.25, 0.3) is 86.7 Å².